The summed E-state index contributed by atoms with van der Waals surface area (Å²) in [6, 6.07) is 6.19. The Morgan fingerprint density at radius 1 is 1.35 bits per heavy atom. The molecule has 1 N–H and O–H groups in total. The van der Waals surface area contributed by atoms with Crippen LogP contribution in [0.15, 0.2) is 24.3 Å². The van der Waals surface area contributed by atoms with E-state index in [0.29, 0.717) is 10.6 Å². The number of ether oxygens (including phenoxy) is 2. The van der Waals surface area contributed by atoms with Crippen molar-refractivity contribution in [1.29, 1.82) is 0 Å². The molecule has 1 amide bonds. The fraction of sp³-hybridized carbons (Fsp3) is 0.429. The minimum Gasteiger partial charge on any atom is -0.464 e. The van der Waals surface area contributed by atoms with Crippen LogP contribution in [-0.4, -0.2) is 36.4 Å². The van der Waals surface area contributed by atoms with E-state index in [-0.39, 0.29) is 13.2 Å². The maximum atomic E-state index is 13.2. The average Bonchev–Trinajstić information content (AvgIpc) is 3.23. The summed E-state index contributed by atoms with van der Waals surface area (Å²) >= 11 is 5.69. The highest BCUT2D eigenvalue weighted by atomic mass is 35.5. The lowest BCUT2D eigenvalue weighted by Gasteiger charge is -2.16. The van der Waals surface area contributed by atoms with Gasteiger partial charge in [-0.2, -0.15) is 13.2 Å². The third-order valence-electron chi connectivity index (χ3n) is 3.24. The Kier molecular flexibility index (Phi) is 4.86. The highest BCUT2D eigenvalue weighted by Crippen LogP contribution is 2.50. The summed E-state index contributed by atoms with van der Waals surface area (Å²) in [6.07, 6.45) is -7.01. The number of hydrogen-bond acceptors (Lipinski definition) is 4. The van der Waals surface area contributed by atoms with Gasteiger partial charge in [0.15, 0.2) is 0 Å². The molecule has 0 bridgehead atoms. The van der Waals surface area contributed by atoms with Gasteiger partial charge >= 0.3 is 12.1 Å². The van der Waals surface area contributed by atoms with Crippen molar-refractivity contribution in [1.82, 2.24) is 5.32 Å². The van der Waals surface area contributed by atoms with Crippen LogP contribution >= 0.6 is 11.6 Å². The Morgan fingerprint density at radius 2 is 1.96 bits per heavy atom. The number of benzene rings is 1. The van der Waals surface area contributed by atoms with Gasteiger partial charge in [-0.15, -0.1) is 0 Å². The van der Waals surface area contributed by atoms with Gasteiger partial charge in [-0.1, -0.05) is 23.7 Å². The van der Waals surface area contributed by atoms with Crippen LogP contribution in [0, 0.1) is 0 Å². The summed E-state index contributed by atoms with van der Waals surface area (Å²) in [5, 5.41) is 2.58. The first-order chi connectivity index (χ1) is 10.7. The molecule has 5 nitrogen and oxygen atoms in total. The standard InChI is InChI=1S/C14H13ClF3NO4/c1-2-22-11(20)10-13(23-10,14(16,17)18)12(21)19-7-8-3-5-9(15)6-4-8/h3-6,10H,2,7H2,1H3,(H,19,21)/t10-,13-/m0/s1. The van der Waals surface area contributed by atoms with Crippen LogP contribution in [0.3, 0.4) is 0 Å². The molecule has 2 rings (SSSR count). The molecule has 0 unspecified atom stereocenters. The van der Waals surface area contributed by atoms with Gasteiger partial charge in [0.1, 0.15) is 0 Å². The largest absolute Gasteiger partial charge is 0.464 e. The van der Waals surface area contributed by atoms with Crippen molar-refractivity contribution in [3.63, 3.8) is 0 Å². The minimum atomic E-state index is -5.03. The number of alkyl halides is 3. The zero-order valence-corrected chi connectivity index (χ0v) is 12.7. The number of hydrogen-bond donors (Lipinski definition) is 1. The quantitative estimate of drug-likeness (QED) is 0.652. The van der Waals surface area contributed by atoms with E-state index in [1.165, 1.54) is 19.1 Å². The normalized spacial score (nSPS) is 23.3. The van der Waals surface area contributed by atoms with Gasteiger partial charge < -0.3 is 14.8 Å². The number of epoxide rings is 1. The van der Waals surface area contributed by atoms with E-state index in [1.807, 2.05) is 0 Å². The molecular weight excluding hydrogens is 339 g/mol. The van der Waals surface area contributed by atoms with Crippen LogP contribution in [0.4, 0.5) is 13.2 Å². The van der Waals surface area contributed by atoms with E-state index < -0.39 is 29.8 Å². The Hall–Kier alpha value is -1.80. The van der Waals surface area contributed by atoms with Crippen LogP contribution in [0.2, 0.25) is 5.02 Å². The molecule has 23 heavy (non-hydrogen) atoms. The van der Waals surface area contributed by atoms with Crippen molar-refractivity contribution in [2.75, 3.05) is 6.61 Å². The average molecular weight is 352 g/mol. The molecule has 1 aliphatic heterocycles. The summed E-state index contributed by atoms with van der Waals surface area (Å²) in [6.45, 7) is 1.17. The highest BCUT2D eigenvalue weighted by molar-refractivity contribution is 6.30. The molecule has 0 aromatic heterocycles. The molecule has 1 fully saturated rings. The monoisotopic (exact) mass is 351 g/mol. The number of halogens is 4. The molecular formula is C14H13ClF3NO4. The van der Waals surface area contributed by atoms with Crippen molar-refractivity contribution >= 4 is 23.5 Å². The zero-order valence-electron chi connectivity index (χ0n) is 11.9. The van der Waals surface area contributed by atoms with E-state index in [2.05, 4.69) is 14.8 Å². The number of nitrogens with one attached hydrogen (secondary N) is 1. The Bertz CT molecular complexity index is 605. The third kappa shape index (κ3) is 3.42. The maximum Gasteiger partial charge on any atom is 0.429 e. The van der Waals surface area contributed by atoms with Crippen LogP contribution in [-0.2, 0) is 25.6 Å². The van der Waals surface area contributed by atoms with Gasteiger partial charge in [0.05, 0.1) is 6.61 Å². The van der Waals surface area contributed by atoms with Gasteiger partial charge in [-0.3, -0.25) is 4.79 Å². The molecule has 0 aliphatic carbocycles. The molecule has 1 aromatic rings. The molecule has 2 atom stereocenters. The topological polar surface area (TPSA) is 67.9 Å². The predicted octanol–water partition coefficient (Wildman–Crippen LogP) is 2.22. The molecule has 1 heterocycles. The number of esters is 1. The van der Waals surface area contributed by atoms with Crippen LogP contribution in [0.1, 0.15) is 12.5 Å². The van der Waals surface area contributed by atoms with E-state index in [1.54, 1.807) is 12.1 Å². The predicted molar refractivity (Wildman–Crippen MR) is 73.6 cm³/mol. The Labute approximate surface area is 134 Å². The minimum absolute atomic E-state index is 0.112. The Morgan fingerprint density at radius 3 is 2.48 bits per heavy atom. The number of carbonyl (C=O) groups is 2. The Balaban J connectivity index is 2.07. The summed E-state index contributed by atoms with van der Waals surface area (Å²) in [4.78, 5) is 23.4. The molecule has 1 saturated heterocycles. The van der Waals surface area contributed by atoms with Crippen LogP contribution in [0.5, 0.6) is 0 Å². The molecule has 126 valence electrons. The van der Waals surface area contributed by atoms with Gasteiger partial charge in [-0.25, -0.2) is 4.79 Å². The molecule has 0 spiro atoms. The molecule has 1 aromatic carbocycles. The first-order valence-corrected chi connectivity index (χ1v) is 7.04. The SMILES string of the molecule is CCOC(=O)[C@@H]1O[C@@]1(C(=O)NCc1ccc(Cl)cc1)C(F)(F)F. The highest BCUT2D eigenvalue weighted by Gasteiger charge is 2.81. The van der Waals surface area contributed by atoms with Crippen molar-refractivity contribution in [2.45, 2.75) is 31.3 Å². The van der Waals surface area contributed by atoms with E-state index in [4.69, 9.17) is 11.6 Å². The maximum absolute atomic E-state index is 13.2. The second kappa shape index (κ2) is 6.37. The molecule has 9 heteroatoms. The van der Waals surface area contributed by atoms with Crippen molar-refractivity contribution in [2.24, 2.45) is 0 Å². The van der Waals surface area contributed by atoms with Crippen molar-refractivity contribution < 1.29 is 32.2 Å². The number of rotatable bonds is 5. The number of carbonyl (C=O) groups excluding carboxylic acids is 2. The summed E-state index contributed by atoms with van der Waals surface area (Å²) in [5.74, 6) is -2.65. The van der Waals surface area contributed by atoms with Crippen molar-refractivity contribution in [3.05, 3.63) is 34.9 Å². The van der Waals surface area contributed by atoms with Gasteiger partial charge in [0.25, 0.3) is 11.5 Å². The van der Waals surface area contributed by atoms with E-state index >= 15 is 0 Å². The fourth-order valence-electron chi connectivity index (χ4n) is 2.02. The molecule has 0 saturated carbocycles. The van der Waals surface area contributed by atoms with Gasteiger partial charge in [0.2, 0.25) is 6.10 Å². The fourth-order valence-corrected chi connectivity index (χ4v) is 2.14. The van der Waals surface area contributed by atoms with E-state index in [0.717, 1.165) is 0 Å². The van der Waals surface area contributed by atoms with Crippen LogP contribution in [0.25, 0.3) is 0 Å². The van der Waals surface area contributed by atoms with Gasteiger partial charge in [-0.05, 0) is 24.6 Å². The van der Waals surface area contributed by atoms with Crippen molar-refractivity contribution in [3.8, 4) is 0 Å². The first-order valence-electron chi connectivity index (χ1n) is 6.66. The second-order valence-electron chi connectivity index (χ2n) is 4.79. The van der Waals surface area contributed by atoms with E-state index in [9.17, 15) is 22.8 Å². The lowest BCUT2D eigenvalue weighted by Crippen LogP contribution is -2.50. The van der Waals surface area contributed by atoms with Gasteiger partial charge in [0, 0.05) is 11.6 Å². The number of amides is 1. The lowest BCUT2D eigenvalue weighted by molar-refractivity contribution is -0.190. The summed E-state index contributed by atoms with van der Waals surface area (Å²) < 4.78 is 48.4. The second-order valence-corrected chi connectivity index (χ2v) is 5.23. The third-order valence-corrected chi connectivity index (χ3v) is 3.49. The molecule has 1 aliphatic rings. The van der Waals surface area contributed by atoms with Crippen LogP contribution < -0.4 is 5.32 Å². The smallest absolute Gasteiger partial charge is 0.429 e. The zero-order chi connectivity index (χ0) is 17.3. The first kappa shape index (κ1) is 17.6. The molecule has 0 radical (unpaired) electrons. The lowest BCUT2D eigenvalue weighted by atomic mass is 10.0. The summed E-state index contributed by atoms with van der Waals surface area (Å²) in [7, 11) is 0. The summed E-state index contributed by atoms with van der Waals surface area (Å²) in [5.41, 5.74) is -2.64.